The third kappa shape index (κ3) is 4.32. The second-order valence-corrected chi connectivity index (χ2v) is 7.23. The van der Waals surface area contributed by atoms with Crippen molar-refractivity contribution in [3.8, 4) is 10.4 Å². The Morgan fingerprint density at radius 3 is 2.78 bits per heavy atom. The van der Waals surface area contributed by atoms with Gasteiger partial charge in [0.05, 0.1) is 12.0 Å². The largest absolute Gasteiger partial charge is 0.463 e. The predicted octanol–water partition coefficient (Wildman–Crippen LogP) is 3.44. The van der Waals surface area contributed by atoms with E-state index < -0.39 is 18.0 Å². The molecule has 0 aliphatic heterocycles. The molecular weight excluding hydrogens is 388 g/mol. The van der Waals surface area contributed by atoms with Crippen LogP contribution in [0.1, 0.15) is 25.8 Å². The van der Waals surface area contributed by atoms with Crippen molar-refractivity contribution in [3.63, 3.8) is 0 Å². The molecule has 7 nitrogen and oxygen atoms in total. The number of H-pyrrole nitrogens is 1. The highest BCUT2D eigenvalue weighted by Gasteiger charge is 2.18. The minimum absolute atomic E-state index is 0.216. The predicted molar refractivity (Wildman–Crippen MR) is 104 cm³/mol. The van der Waals surface area contributed by atoms with Crippen LogP contribution in [0.15, 0.2) is 39.8 Å². The molecule has 140 valence electrons. The van der Waals surface area contributed by atoms with E-state index in [1.807, 2.05) is 22.9 Å². The number of esters is 2. The van der Waals surface area contributed by atoms with E-state index in [-0.39, 0.29) is 18.0 Å². The van der Waals surface area contributed by atoms with Crippen LogP contribution >= 0.6 is 22.7 Å². The Labute approximate surface area is 162 Å². The molecule has 0 fully saturated rings. The molecular formula is C18H16N2O5S2. The summed E-state index contributed by atoms with van der Waals surface area (Å²) in [6.45, 7) is 3.47. The van der Waals surface area contributed by atoms with Crippen molar-refractivity contribution in [1.82, 2.24) is 9.97 Å². The number of ether oxygens (including phenoxy) is 2. The Hall–Kier alpha value is -2.78. The number of aromatic amines is 1. The van der Waals surface area contributed by atoms with Crippen LogP contribution in [0.5, 0.6) is 0 Å². The Bertz CT molecular complexity index is 1050. The summed E-state index contributed by atoms with van der Waals surface area (Å²) in [7, 11) is 0. The van der Waals surface area contributed by atoms with Crippen LogP contribution in [-0.4, -0.2) is 28.5 Å². The minimum Gasteiger partial charge on any atom is -0.463 e. The van der Waals surface area contributed by atoms with Crippen LogP contribution in [-0.2, 0) is 19.1 Å². The zero-order valence-corrected chi connectivity index (χ0v) is 16.2. The van der Waals surface area contributed by atoms with Crippen molar-refractivity contribution in [2.45, 2.75) is 20.0 Å². The molecule has 27 heavy (non-hydrogen) atoms. The fourth-order valence-corrected chi connectivity index (χ4v) is 4.14. The first-order chi connectivity index (χ1) is 13.0. The average Bonchev–Trinajstić information content (AvgIpc) is 3.29. The minimum atomic E-state index is -0.784. The van der Waals surface area contributed by atoms with Gasteiger partial charge in [0.1, 0.15) is 4.83 Å². The summed E-state index contributed by atoms with van der Waals surface area (Å²) < 4.78 is 9.88. The summed E-state index contributed by atoms with van der Waals surface area (Å²) in [5, 5.41) is 4.36. The van der Waals surface area contributed by atoms with Crippen LogP contribution in [0.3, 0.4) is 0 Å². The SMILES string of the molecule is CCOC(=O)/C=C/C(=O)O[C@@H](C)c1nc2scc(-c3cccs3)c2c(=O)[nH]1. The van der Waals surface area contributed by atoms with Crippen molar-refractivity contribution < 1.29 is 19.1 Å². The highest BCUT2D eigenvalue weighted by molar-refractivity contribution is 7.18. The second kappa shape index (κ2) is 8.28. The molecule has 1 atom stereocenters. The van der Waals surface area contributed by atoms with Gasteiger partial charge in [-0.25, -0.2) is 14.6 Å². The van der Waals surface area contributed by atoms with E-state index in [4.69, 9.17) is 4.74 Å². The molecule has 3 aromatic heterocycles. The molecule has 3 rings (SSSR count). The van der Waals surface area contributed by atoms with Gasteiger partial charge in [0.2, 0.25) is 0 Å². The average molecular weight is 404 g/mol. The summed E-state index contributed by atoms with van der Waals surface area (Å²) in [6.07, 6.45) is 1.18. The topological polar surface area (TPSA) is 98.3 Å². The van der Waals surface area contributed by atoms with Gasteiger partial charge in [-0.3, -0.25) is 4.79 Å². The smallest absolute Gasteiger partial charge is 0.331 e. The lowest BCUT2D eigenvalue weighted by Crippen LogP contribution is -2.16. The molecule has 1 N–H and O–H groups in total. The molecule has 3 aromatic rings. The molecule has 3 heterocycles. The zero-order valence-electron chi connectivity index (χ0n) is 14.6. The third-order valence-electron chi connectivity index (χ3n) is 3.57. The number of carbonyl (C=O) groups is 2. The molecule has 0 bridgehead atoms. The summed E-state index contributed by atoms with van der Waals surface area (Å²) in [5.41, 5.74) is 0.553. The normalized spacial score (nSPS) is 12.4. The van der Waals surface area contributed by atoms with Gasteiger partial charge in [-0.2, -0.15) is 0 Å². The van der Waals surface area contributed by atoms with Gasteiger partial charge in [-0.05, 0) is 25.3 Å². The lowest BCUT2D eigenvalue weighted by molar-refractivity contribution is -0.144. The van der Waals surface area contributed by atoms with Gasteiger partial charge in [0.15, 0.2) is 11.9 Å². The van der Waals surface area contributed by atoms with Crippen molar-refractivity contribution >= 4 is 44.8 Å². The number of nitrogens with one attached hydrogen (secondary N) is 1. The quantitative estimate of drug-likeness (QED) is 0.499. The van der Waals surface area contributed by atoms with E-state index in [1.165, 1.54) is 11.3 Å². The maximum atomic E-state index is 12.6. The van der Waals surface area contributed by atoms with Crippen LogP contribution < -0.4 is 5.56 Å². The second-order valence-electron chi connectivity index (χ2n) is 5.42. The summed E-state index contributed by atoms with van der Waals surface area (Å²) >= 11 is 2.90. The first kappa shape index (κ1) is 19.0. The molecule has 0 amide bonds. The van der Waals surface area contributed by atoms with Gasteiger partial charge in [-0.1, -0.05) is 6.07 Å². The molecule has 0 aliphatic rings. The van der Waals surface area contributed by atoms with Gasteiger partial charge in [0, 0.05) is 28.0 Å². The van der Waals surface area contributed by atoms with E-state index in [1.54, 1.807) is 25.2 Å². The zero-order chi connectivity index (χ0) is 19.4. The van der Waals surface area contributed by atoms with Gasteiger partial charge < -0.3 is 14.5 Å². The summed E-state index contributed by atoms with van der Waals surface area (Å²) in [6, 6.07) is 3.87. The van der Waals surface area contributed by atoms with E-state index in [9.17, 15) is 14.4 Å². The molecule has 9 heteroatoms. The maximum absolute atomic E-state index is 12.6. The summed E-state index contributed by atoms with van der Waals surface area (Å²) in [5.74, 6) is -1.12. The molecule has 0 radical (unpaired) electrons. The fourth-order valence-electron chi connectivity index (χ4n) is 2.37. The van der Waals surface area contributed by atoms with Gasteiger partial charge in [0.25, 0.3) is 5.56 Å². The molecule has 0 unspecified atom stereocenters. The maximum Gasteiger partial charge on any atom is 0.331 e. The monoisotopic (exact) mass is 404 g/mol. The first-order valence-electron chi connectivity index (χ1n) is 8.10. The van der Waals surface area contributed by atoms with Crippen molar-refractivity contribution in [2.75, 3.05) is 6.61 Å². The molecule has 0 saturated carbocycles. The highest BCUT2D eigenvalue weighted by atomic mass is 32.1. The van der Waals surface area contributed by atoms with E-state index in [0.29, 0.717) is 10.2 Å². The number of thiophene rings is 2. The fraction of sp³-hybridized carbons (Fsp3) is 0.222. The first-order valence-corrected chi connectivity index (χ1v) is 9.86. The number of carbonyl (C=O) groups excluding carboxylic acids is 2. The van der Waals surface area contributed by atoms with Crippen molar-refractivity contribution in [3.05, 3.63) is 51.2 Å². The van der Waals surface area contributed by atoms with Gasteiger partial charge >= 0.3 is 11.9 Å². The van der Waals surface area contributed by atoms with Crippen LogP contribution in [0.4, 0.5) is 0 Å². The Morgan fingerprint density at radius 2 is 2.07 bits per heavy atom. The lowest BCUT2D eigenvalue weighted by atomic mass is 10.2. The van der Waals surface area contributed by atoms with Crippen molar-refractivity contribution in [2.24, 2.45) is 0 Å². The van der Waals surface area contributed by atoms with Crippen LogP contribution in [0, 0.1) is 0 Å². The number of aromatic nitrogens is 2. The van der Waals surface area contributed by atoms with E-state index >= 15 is 0 Å². The number of nitrogens with zero attached hydrogens (tertiary/aromatic N) is 1. The Balaban J connectivity index is 1.80. The molecule has 0 aromatic carbocycles. The number of fused-ring (bicyclic) bond motifs is 1. The van der Waals surface area contributed by atoms with Gasteiger partial charge in [-0.15, -0.1) is 22.7 Å². The van der Waals surface area contributed by atoms with Crippen LogP contribution in [0.2, 0.25) is 0 Å². The van der Waals surface area contributed by atoms with E-state index in [0.717, 1.165) is 22.6 Å². The summed E-state index contributed by atoms with van der Waals surface area (Å²) in [4.78, 5) is 44.2. The van der Waals surface area contributed by atoms with E-state index in [2.05, 4.69) is 14.7 Å². The number of rotatable bonds is 6. The van der Waals surface area contributed by atoms with Crippen molar-refractivity contribution in [1.29, 1.82) is 0 Å². The molecule has 0 spiro atoms. The third-order valence-corrected chi connectivity index (χ3v) is 5.34. The number of hydrogen-bond acceptors (Lipinski definition) is 8. The van der Waals surface area contributed by atoms with Crippen LogP contribution in [0.25, 0.3) is 20.7 Å². The Kier molecular flexibility index (Phi) is 5.82. The molecule has 0 saturated heterocycles. The highest BCUT2D eigenvalue weighted by Crippen LogP contribution is 2.33. The number of hydrogen-bond donors (Lipinski definition) is 1. The standard InChI is InChI=1S/C18H16N2O5S2/c1-3-24-13(21)6-7-14(22)25-10(2)16-19-17(23)15-11(9-27-18(15)20-16)12-5-4-8-26-12/h4-10H,3H2,1-2H3,(H,19,20,23)/b7-6+/t10-/m0/s1. The molecule has 0 aliphatic carbocycles. The Morgan fingerprint density at radius 1 is 1.30 bits per heavy atom. The lowest BCUT2D eigenvalue weighted by Gasteiger charge is -2.11.